The average molecular weight is 472 g/mol. The van der Waals surface area contributed by atoms with Crippen molar-refractivity contribution in [1.82, 2.24) is 4.31 Å². The molecule has 8 nitrogen and oxygen atoms in total. The number of sulfonamides is 1. The van der Waals surface area contributed by atoms with Gasteiger partial charge < -0.3 is 15.0 Å². The second kappa shape index (κ2) is 10.0. The van der Waals surface area contributed by atoms with Crippen LogP contribution in [0.4, 0.5) is 11.4 Å². The van der Waals surface area contributed by atoms with Crippen LogP contribution in [-0.2, 0) is 37.2 Å². The van der Waals surface area contributed by atoms with Crippen molar-refractivity contribution in [1.29, 1.82) is 0 Å². The molecule has 2 amide bonds. The van der Waals surface area contributed by atoms with Crippen molar-refractivity contribution in [2.45, 2.75) is 37.5 Å². The Labute approximate surface area is 194 Å². The van der Waals surface area contributed by atoms with Gasteiger partial charge in [-0.15, -0.1) is 0 Å². The van der Waals surface area contributed by atoms with Gasteiger partial charge in [-0.2, -0.15) is 4.31 Å². The summed E-state index contributed by atoms with van der Waals surface area (Å²) in [7, 11) is -3.64. The highest BCUT2D eigenvalue weighted by molar-refractivity contribution is 7.89. The topological polar surface area (TPSA) is 96.0 Å². The third kappa shape index (κ3) is 5.26. The van der Waals surface area contributed by atoms with E-state index in [1.54, 1.807) is 12.1 Å². The first kappa shape index (κ1) is 23.4. The normalized spacial score (nSPS) is 17.4. The van der Waals surface area contributed by atoms with Gasteiger partial charge in [-0.3, -0.25) is 9.59 Å². The summed E-state index contributed by atoms with van der Waals surface area (Å²) >= 11 is 0. The van der Waals surface area contributed by atoms with E-state index in [9.17, 15) is 18.0 Å². The van der Waals surface area contributed by atoms with Gasteiger partial charge in [-0.1, -0.05) is 19.1 Å². The minimum absolute atomic E-state index is 0.128. The molecule has 2 aliphatic heterocycles. The fraction of sp³-hybridized carbons (Fsp3) is 0.417. The van der Waals surface area contributed by atoms with Crippen molar-refractivity contribution >= 4 is 33.2 Å². The Morgan fingerprint density at radius 1 is 1.06 bits per heavy atom. The zero-order chi connectivity index (χ0) is 23.4. The van der Waals surface area contributed by atoms with Gasteiger partial charge in [0.25, 0.3) is 0 Å². The van der Waals surface area contributed by atoms with Crippen molar-refractivity contribution < 1.29 is 22.7 Å². The molecule has 1 saturated heterocycles. The highest BCUT2D eigenvalue weighted by Gasteiger charge is 2.29. The van der Waals surface area contributed by atoms with Crippen LogP contribution in [0.25, 0.3) is 0 Å². The highest BCUT2D eigenvalue weighted by Crippen LogP contribution is 2.30. The molecule has 0 aliphatic carbocycles. The number of benzene rings is 2. The van der Waals surface area contributed by atoms with Crippen LogP contribution in [0.2, 0.25) is 0 Å². The Morgan fingerprint density at radius 3 is 2.48 bits per heavy atom. The molecule has 4 rings (SSSR count). The molecule has 0 bridgehead atoms. The lowest BCUT2D eigenvalue weighted by Crippen LogP contribution is -2.40. The summed E-state index contributed by atoms with van der Waals surface area (Å²) in [6, 6.07) is 12.4. The van der Waals surface area contributed by atoms with E-state index >= 15 is 0 Å². The number of aryl methyl sites for hydroxylation is 2. The molecule has 2 aromatic carbocycles. The van der Waals surface area contributed by atoms with Crippen molar-refractivity contribution in [2.75, 3.05) is 43.1 Å². The number of hydrogen-bond acceptors (Lipinski definition) is 5. The zero-order valence-corrected chi connectivity index (χ0v) is 19.6. The molecule has 0 radical (unpaired) electrons. The Morgan fingerprint density at radius 2 is 1.79 bits per heavy atom. The molecule has 2 aliphatic rings. The highest BCUT2D eigenvalue weighted by atomic mass is 32.2. The number of nitrogens with one attached hydrogen (secondary N) is 1. The average Bonchev–Trinajstić information content (AvgIpc) is 2.98. The van der Waals surface area contributed by atoms with Gasteiger partial charge in [-0.05, 0) is 60.7 Å². The minimum atomic E-state index is -3.64. The number of rotatable bonds is 6. The van der Waals surface area contributed by atoms with E-state index < -0.39 is 10.0 Å². The van der Waals surface area contributed by atoms with E-state index in [0.29, 0.717) is 56.9 Å². The van der Waals surface area contributed by atoms with E-state index in [1.165, 1.54) is 20.8 Å². The van der Waals surface area contributed by atoms with Crippen LogP contribution in [0.1, 0.15) is 30.9 Å². The van der Waals surface area contributed by atoms with Crippen LogP contribution in [0.3, 0.4) is 0 Å². The Kier molecular flexibility index (Phi) is 7.11. The fourth-order valence-corrected chi connectivity index (χ4v) is 5.62. The lowest BCUT2D eigenvalue weighted by atomic mass is 10.1. The standard InChI is InChI=1S/C24H29N3O5S/c1-2-18-6-8-20(9-7-18)25-23(28)17-27-22-11-10-21(16-19(22)4-3-5-24(27)29)33(30,31)26-12-14-32-15-13-26/h6-11,16H,2-5,12-15,17H2,1H3,(H,25,28). The second-order valence-electron chi connectivity index (χ2n) is 8.24. The molecule has 0 saturated carbocycles. The Hall–Kier alpha value is -2.75. The summed E-state index contributed by atoms with van der Waals surface area (Å²) < 4.78 is 32.8. The Bertz CT molecular complexity index is 1130. The molecule has 2 heterocycles. The van der Waals surface area contributed by atoms with Gasteiger partial charge in [-0.25, -0.2) is 8.42 Å². The van der Waals surface area contributed by atoms with Crippen LogP contribution >= 0.6 is 0 Å². The summed E-state index contributed by atoms with van der Waals surface area (Å²) in [5.41, 5.74) is 3.20. The molecular formula is C24H29N3O5S. The zero-order valence-electron chi connectivity index (χ0n) is 18.7. The number of fused-ring (bicyclic) bond motifs is 1. The van der Waals surface area contributed by atoms with Crippen LogP contribution in [0.5, 0.6) is 0 Å². The van der Waals surface area contributed by atoms with Gasteiger partial charge in [0.2, 0.25) is 21.8 Å². The van der Waals surface area contributed by atoms with E-state index in [0.717, 1.165) is 12.0 Å². The molecule has 33 heavy (non-hydrogen) atoms. The maximum atomic E-state index is 13.1. The third-order valence-electron chi connectivity index (χ3n) is 6.04. The van der Waals surface area contributed by atoms with Crippen LogP contribution in [0.15, 0.2) is 47.4 Å². The van der Waals surface area contributed by atoms with Gasteiger partial charge in [0.05, 0.1) is 18.1 Å². The van der Waals surface area contributed by atoms with Crippen molar-refractivity contribution in [3.05, 3.63) is 53.6 Å². The fourth-order valence-electron chi connectivity index (χ4n) is 4.16. The van der Waals surface area contributed by atoms with Gasteiger partial charge in [0.1, 0.15) is 6.54 Å². The maximum absolute atomic E-state index is 13.1. The molecule has 1 N–H and O–H groups in total. The molecule has 1 fully saturated rings. The van der Waals surface area contributed by atoms with Crippen molar-refractivity contribution in [2.24, 2.45) is 0 Å². The number of hydrogen-bond donors (Lipinski definition) is 1. The van der Waals surface area contributed by atoms with Crippen LogP contribution in [-0.4, -0.2) is 57.4 Å². The molecule has 0 spiro atoms. The number of amides is 2. The lowest BCUT2D eigenvalue weighted by Gasteiger charge is -2.27. The van der Waals surface area contributed by atoms with Crippen molar-refractivity contribution in [3.63, 3.8) is 0 Å². The van der Waals surface area contributed by atoms with Gasteiger partial charge in [0.15, 0.2) is 0 Å². The second-order valence-corrected chi connectivity index (χ2v) is 10.2. The lowest BCUT2D eigenvalue weighted by molar-refractivity contribution is -0.121. The Balaban J connectivity index is 1.55. The number of morpholine rings is 1. The first-order valence-electron chi connectivity index (χ1n) is 11.3. The van der Waals surface area contributed by atoms with E-state index in [1.807, 2.05) is 24.3 Å². The summed E-state index contributed by atoms with van der Waals surface area (Å²) in [5.74, 6) is -0.445. The minimum Gasteiger partial charge on any atom is -0.379 e. The molecule has 176 valence electrons. The molecule has 2 aromatic rings. The number of carbonyl (C=O) groups is 2. The smallest absolute Gasteiger partial charge is 0.244 e. The van der Waals surface area contributed by atoms with Crippen LogP contribution in [0, 0.1) is 0 Å². The molecule has 9 heteroatoms. The predicted molar refractivity (Wildman–Crippen MR) is 126 cm³/mol. The molecule has 0 atom stereocenters. The third-order valence-corrected chi connectivity index (χ3v) is 7.93. The van der Waals surface area contributed by atoms with E-state index in [2.05, 4.69) is 12.2 Å². The number of ether oxygens (including phenoxy) is 1. The quantitative estimate of drug-likeness (QED) is 0.699. The molecular weight excluding hydrogens is 442 g/mol. The number of anilines is 2. The van der Waals surface area contributed by atoms with E-state index in [-0.39, 0.29) is 23.3 Å². The summed E-state index contributed by atoms with van der Waals surface area (Å²) in [5, 5.41) is 2.84. The van der Waals surface area contributed by atoms with Crippen molar-refractivity contribution in [3.8, 4) is 0 Å². The molecule has 0 aromatic heterocycles. The first-order chi connectivity index (χ1) is 15.9. The summed E-state index contributed by atoms with van der Waals surface area (Å²) in [4.78, 5) is 27.2. The predicted octanol–water partition coefficient (Wildman–Crippen LogP) is 2.58. The van der Waals surface area contributed by atoms with Crippen LogP contribution < -0.4 is 10.2 Å². The van der Waals surface area contributed by atoms with Gasteiger partial charge in [0, 0.05) is 30.9 Å². The summed E-state index contributed by atoms with van der Waals surface area (Å²) in [6.07, 6.45) is 2.39. The van der Waals surface area contributed by atoms with E-state index in [4.69, 9.17) is 4.74 Å². The number of carbonyl (C=O) groups excluding carboxylic acids is 2. The van der Waals surface area contributed by atoms with Gasteiger partial charge >= 0.3 is 0 Å². The maximum Gasteiger partial charge on any atom is 0.244 e. The SMILES string of the molecule is CCc1ccc(NC(=O)CN2C(=O)CCCc3cc(S(=O)(=O)N4CCOCC4)ccc32)cc1. The summed E-state index contributed by atoms with van der Waals surface area (Å²) in [6.45, 7) is 3.34. The largest absolute Gasteiger partial charge is 0.379 e. The first-order valence-corrected chi connectivity index (χ1v) is 12.7. The monoisotopic (exact) mass is 471 g/mol. The molecule has 0 unspecified atom stereocenters. The number of nitrogens with zero attached hydrogens (tertiary/aromatic N) is 2.